The highest BCUT2D eigenvalue weighted by Crippen LogP contribution is 2.35. The smallest absolute Gasteiger partial charge is 0.417 e. The summed E-state index contributed by atoms with van der Waals surface area (Å²) in [5.74, 6) is -0.755. The van der Waals surface area contributed by atoms with Gasteiger partial charge in [0.15, 0.2) is 5.78 Å². The molecule has 184 valence electrons. The Kier molecular flexibility index (Phi) is 7.18. The second kappa shape index (κ2) is 10.3. The molecule has 0 fully saturated rings. The van der Waals surface area contributed by atoms with Gasteiger partial charge in [-0.2, -0.15) is 13.2 Å². The van der Waals surface area contributed by atoms with Crippen LogP contribution in [0.2, 0.25) is 5.02 Å². The van der Waals surface area contributed by atoms with Crippen molar-refractivity contribution >= 4 is 40.0 Å². The highest BCUT2D eigenvalue weighted by Gasteiger charge is 2.33. The van der Waals surface area contributed by atoms with Crippen molar-refractivity contribution in [1.29, 1.82) is 0 Å². The quantitative estimate of drug-likeness (QED) is 0.331. The van der Waals surface area contributed by atoms with Crippen molar-refractivity contribution in [3.05, 3.63) is 94.1 Å². The number of hydrogen-bond donors (Lipinski definition) is 2. The normalized spacial score (nSPS) is 11.4. The number of nitrogens with zero attached hydrogens (tertiary/aromatic N) is 2. The maximum Gasteiger partial charge on any atom is 0.417 e. The fraction of sp³-hybridized carbons (Fsp3) is 0.120. The van der Waals surface area contributed by atoms with E-state index in [4.69, 9.17) is 22.1 Å². The van der Waals surface area contributed by atoms with E-state index in [-0.39, 0.29) is 18.0 Å². The number of nitrogens with two attached hydrogens (primary N) is 1. The van der Waals surface area contributed by atoms with E-state index in [1.807, 2.05) is 0 Å². The van der Waals surface area contributed by atoms with E-state index in [0.717, 1.165) is 6.07 Å². The number of rotatable bonds is 7. The molecule has 3 aromatic carbocycles. The molecule has 0 bridgehead atoms. The van der Waals surface area contributed by atoms with Gasteiger partial charge >= 0.3 is 6.18 Å². The number of halogens is 4. The number of alkyl halides is 3. The number of carbonyl (C=O) groups is 2. The van der Waals surface area contributed by atoms with Gasteiger partial charge in [0.2, 0.25) is 5.88 Å². The summed E-state index contributed by atoms with van der Waals surface area (Å²) in [6.45, 7) is 0.603. The van der Waals surface area contributed by atoms with Gasteiger partial charge in [-0.1, -0.05) is 11.6 Å². The SMILES string of the molecule is NCCOc1cnc2ccc(C(=O)c3ccc(NC(=O)c4ccc(Cl)c(C(F)(F)F)c4)cc3)cc2n1. The lowest BCUT2D eigenvalue weighted by atomic mass is 10.0. The molecule has 1 aromatic heterocycles. The summed E-state index contributed by atoms with van der Waals surface area (Å²) in [4.78, 5) is 34.0. The third-order valence-electron chi connectivity index (χ3n) is 5.09. The van der Waals surface area contributed by atoms with Crippen molar-refractivity contribution < 1.29 is 27.5 Å². The minimum atomic E-state index is -4.69. The molecule has 11 heteroatoms. The average molecular weight is 515 g/mol. The van der Waals surface area contributed by atoms with Gasteiger partial charge in [0.05, 0.1) is 27.8 Å². The lowest BCUT2D eigenvalue weighted by molar-refractivity contribution is -0.137. The molecule has 3 N–H and O–H groups in total. The zero-order chi connectivity index (χ0) is 25.9. The molecule has 0 radical (unpaired) electrons. The highest BCUT2D eigenvalue weighted by molar-refractivity contribution is 6.31. The molecule has 0 unspecified atom stereocenters. The van der Waals surface area contributed by atoms with Gasteiger partial charge in [-0.25, -0.2) is 9.97 Å². The molecule has 0 atom stereocenters. The summed E-state index contributed by atoms with van der Waals surface area (Å²) in [7, 11) is 0. The minimum absolute atomic E-state index is 0.209. The third kappa shape index (κ3) is 5.61. The van der Waals surface area contributed by atoms with Crippen LogP contribution in [0.15, 0.2) is 66.9 Å². The number of anilines is 1. The Morgan fingerprint density at radius 3 is 2.33 bits per heavy atom. The van der Waals surface area contributed by atoms with Crippen LogP contribution in [0.3, 0.4) is 0 Å². The molecule has 36 heavy (non-hydrogen) atoms. The van der Waals surface area contributed by atoms with Gasteiger partial charge in [0, 0.05) is 28.9 Å². The summed E-state index contributed by atoms with van der Waals surface area (Å²) in [5, 5.41) is 2.01. The molecular formula is C25H18ClF3N4O3. The van der Waals surface area contributed by atoms with Crippen molar-refractivity contribution in [2.75, 3.05) is 18.5 Å². The molecule has 0 spiro atoms. The maximum absolute atomic E-state index is 13.1. The van der Waals surface area contributed by atoms with Crippen LogP contribution in [-0.2, 0) is 6.18 Å². The van der Waals surface area contributed by atoms with Crippen molar-refractivity contribution in [3.8, 4) is 5.88 Å². The van der Waals surface area contributed by atoms with Gasteiger partial charge in [-0.3, -0.25) is 9.59 Å². The molecule has 4 aromatic rings. The number of ketones is 1. The first-order chi connectivity index (χ1) is 17.2. The Labute approximate surface area is 208 Å². The molecule has 7 nitrogen and oxygen atoms in total. The Hall–Kier alpha value is -4.02. The first-order valence-corrected chi connectivity index (χ1v) is 11.0. The van der Waals surface area contributed by atoms with Crippen molar-refractivity contribution in [3.63, 3.8) is 0 Å². The fourth-order valence-electron chi connectivity index (χ4n) is 3.33. The van der Waals surface area contributed by atoms with Crippen LogP contribution in [0.25, 0.3) is 11.0 Å². The van der Waals surface area contributed by atoms with E-state index >= 15 is 0 Å². The zero-order valence-corrected chi connectivity index (χ0v) is 19.2. The van der Waals surface area contributed by atoms with E-state index in [2.05, 4.69) is 15.3 Å². The molecule has 0 saturated carbocycles. The van der Waals surface area contributed by atoms with Crippen LogP contribution >= 0.6 is 11.6 Å². The standard InChI is InChI=1S/C25H18ClF3N4O3/c26-19-7-3-16(11-18(19)25(27,28)29)24(35)32-17-5-1-14(2-6-17)23(34)15-4-8-20-21(12-15)33-22(13-31-20)36-10-9-30/h1-8,11-13H,9-10,30H2,(H,32,35). The second-order valence-electron chi connectivity index (χ2n) is 7.60. The molecular weight excluding hydrogens is 497 g/mol. The Morgan fingerprint density at radius 1 is 0.944 bits per heavy atom. The molecule has 0 aliphatic rings. The predicted octanol–water partition coefficient (Wildman–Crippen LogP) is 5.12. The summed E-state index contributed by atoms with van der Waals surface area (Å²) in [5.41, 5.74) is 6.17. The zero-order valence-electron chi connectivity index (χ0n) is 18.5. The number of hydrogen-bond acceptors (Lipinski definition) is 6. The number of benzene rings is 3. The number of ether oxygens (including phenoxy) is 1. The number of aromatic nitrogens is 2. The Balaban J connectivity index is 1.50. The van der Waals surface area contributed by atoms with Gasteiger partial charge in [-0.15, -0.1) is 0 Å². The van der Waals surface area contributed by atoms with Crippen LogP contribution in [0.1, 0.15) is 31.8 Å². The molecule has 0 saturated heterocycles. The maximum atomic E-state index is 13.1. The topological polar surface area (TPSA) is 107 Å². The highest BCUT2D eigenvalue weighted by atomic mass is 35.5. The van der Waals surface area contributed by atoms with E-state index in [0.29, 0.717) is 46.3 Å². The number of fused-ring (bicyclic) bond motifs is 1. The number of nitrogens with one attached hydrogen (secondary N) is 1. The minimum Gasteiger partial charge on any atom is -0.475 e. The van der Waals surface area contributed by atoms with E-state index in [1.54, 1.807) is 18.2 Å². The Morgan fingerprint density at radius 2 is 1.64 bits per heavy atom. The third-order valence-corrected chi connectivity index (χ3v) is 5.42. The van der Waals surface area contributed by atoms with Gasteiger partial charge in [0.25, 0.3) is 5.91 Å². The van der Waals surface area contributed by atoms with Crippen LogP contribution in [0, 0.1) is 0 Å². The van der Waals surface area contributed by atoms with Gasteiger partial charge in [0.1, 0.15) is 6.61 Å². The second-order valence-corrected chi connectivity index (χ2v) is 8.01. The number of carbonyl (C=O) groups excluding carboxylic acids is 2. The first-order valence-electron chi connectivity index (χ1n) is 10.6. The fourth-order valence-corrected chi connectivity index (χ4v) is 3.55. The van der Waals surface area contributed by atoms with Crippen LogP contribution < -0.4 is 15.8 Å². The van der Waals surface area contributed by atoms with Crippen molar-refractivity contribution in [1.82, 2.24) is 9.97 Å². The van der Waals surface area contributed by atoms with E-state index in [1.165, 1.54) is 36.5 Å². The van der Waals surface area contributed by atoms with Gasteiger partial charge in [-0.05, 0) is 60.7 Å². The summed E-state index contributed by atoms with van der Waals surface area (Å²) in [6, 6.07) is 13.7. The average Bonchev–Trinajstić information content (AvgIpc) is 2.86. The molecule has 0 aliphatic carbocycles. The summed E-state index contributed by atoms with van der Waals surface area (Å²) in [6.07, 6.45) is -3.22. The van der Waals surface area contributed by atoms with E-state index in [9.17, 15) is 22.8 Å². The van der Waals surface area contributed by atoms with Crippen molar-refractivity contribution in [2.45, 2.75) is 6.18 Å². The van der Waals surface area contributed by atoms with Gasteiger partial charge < -0.3 is 15.8 Å². The van der Waals surface area contributed by atoms with E-state index < -0.39 is 22.7 Å². The lowest BCUT2D eigenvalue weighted by Gasteiger charge is -2.11. The lowest BCUT2D eigenvalue weighted by Crippen LogP contribution is -2.14. The van der Waals surface area contributed by atoms with Crippen LogP contribution in [0.4, 0.5) is 18.9 Å². The summed E-state index contributed by atoms with van der Waals surface area (Å²) >= 11 is 5.60. The number of amides is 1. The summed E-state index contributed by atoms with van der Waals surface area (Å²) < 4.78 is 44.6. The van der Waals surface area contributed by atoms with Crippen molar-refractivity contribution in [2.24, 2.45) is 5.73 Å². The first kappa shape index (κ1) is 25.1. The molecule has 0 aliphatic heterocycles. The van der Waals surface area contributed by atoms with Crippen LogP contribution in [-0.4, -0.2) is 34.8 Å². The largest absolute Gasteiger partial charge is 0.475 e. The predicted molar refractivity (Wildman–Crippen MR) is 128 cm³/mol. The molecule has 1 heterocycles. The molecule has 4 rings (SSSR count). The Bertz CT molecular complexity index is 1440. The molecule has 1 amide bonds. The monoisotopic (exact) mass is 514 g/mol. The van der Waals surface area contributed by atoms with Crippen LogP contribution in [0.5, 0.6) is 5.88 Å².